The highest BCUT2D eigenvalue weighted by Gasteiger charge is 2.26. The van der Waals surface area contributed by atoms with E-state index in [1.54, 1.807) is 0 Å². The van der Waals surface area contributed by atoms with Gasteiger partial charge in [-0.05, 0) is 86.8 Å². The molecule has 2 aromatic carbocycles. The average Bonchev–Trinajstić information content (AvgIpc) is 2.94. The van der Waals surface area contributed by atoms with Crippen molar-refractivity contribution in [3.05, 3.63) is 71.8 Å². The molecule has 35 heavy (non-hydrogen) atoms. The molecule has 2 nitrogen and oxygen atoms in total. The van der Waals surface area contributed by atoms with Gasteiger partial charge in [0.05, 0.1) is 12.2 Å². The van der Waals surface area contributed by atoms with Gasteiger partial charge in [-0.3, -0.25) is 0 Å². The van der Waals surface area contributed by atoms with E-state index in [0.717, 1.165) is 13.2 Å². The van der Waals surface area contributed by atoms with Crippen molar-refractivity contribution in [3.8, 4) is 0 Å². The molecular formula is C32H46O2S. The van der Waals surface area contributed by atoms with Gasteiger partial charge < -0.3 is 9.47 Å². The number of hydrogen-bond acceptors (Lipinski definition) is 3. The van der Waals surface area contributed by atoms with Crippen molar-refractivity contribution in [2.75, 3.05) is 24.7 Å². The molecule has 2 aliphatic heterocycles. The maximum Gasteiger partial charge on any atom is 0.0643 e. The first-order chi connectivity index (χ1) is 17.4. The standard InChI is InChI=1S/C32H46O2S/c1-3-15-27(16-4-1)29(31-21-7-11-23-33-31)19-9-13-25-35-26-14-10-20-30(28-17-5-2-6-18-28)32-22-8-12-24-34-32/h1-6,15-18,29-32H,7-14,19-26H2. The molecular weight excluding hydrogens is 448 g/mol. The van der Waals surface area contributed by atoms with Gasteiger partial charge in [-0.1, -0.05) is 73.5 Å². The molecule has 0 amide bonds. The molecule has 2 fully saturated rings. The SMILES string of the molecule is c1ccc(C(CCCCSCCCCC(c2ccccc2)C2CCCCO2)C2CCCCO2)cc1. The summed E-state index contributed by atoms with van der Waals surface area (Å²) in [6, 6.07) is 22.2. The lowest BCUT2D eigenvalue weighted by atomic mass is 9.85. The van der Waals surface area contributed by atoms with Crippen molar-refractivity contribution in [1.29, 1.82) is 0 Å². The number of thioether (sulfide) groups is 1. The Balaban J connectivity index is 1.12. The molecule has 0 radical (unpaired) electrons. The molecule has 4 rings (SSSR count). The second-order valence-corrected chi connectivity index (χ2v) is 11.7. The van der Waals surface area contributed by atoms with Gasteiger partial charge in [0, 0.05) is 25.0 Å². The summed E-state index contributed by atoms with van der Waals surface area (Å²) in [6.07, 6.45) is 16.2. The van der Waals surface area contributed by atoms with E-state index in [0.29, 0.717) is 24.0 Å². The molecule has 0 spiro atoms. The molecule has 0 aromatic heterocycles. The lowest BCUT2D eigenvalue weighted by molar-refractivity contribution is -0.00327. The van der Waals surface area contributed by atoms with Crippen LogP contribution in [0.25, 0.3) is 0 Å². The fraction of sp³-hybridized carbons (Fsp3) is 0.625. The third kappa shape index (κ3) is 8.95. The molecule has 2 aromatic rings. The number of ether oxygens (including phenoxy) is 2. The first-order valence-corrected chi connectivity index (χ1v) is 15.5. The minimum Gasteiger partial charge on any atom is -0.378 e. The van der Waals surface area contributed by atoms with Gasteiger partial charge in [-0.25, -0.2) is 0 Å². The monoisotopic (exact) mass is 494 g/mol. The van der Waals surface area contributed by atoms with E-state index in [4.69, 9.17) is 9.47 Å². The third-order valence-corrected chi connectivity index (χ3v) is 9.05. The Kier molecular flexibility index (Phi) is 12.0. The van der Waals surface area contributed by atoms with Crippen molar-refractivity contribution >= 4 is 11.8 Å². The molecule has 4 atom stereocenters. The summed E-state index contributed by atoms with van der Waals surface area (Å²) in [4.78, 5) is 0. The lowest BCUT2D eigenvalue weighted by Gasteiger charge is -2.31. The zero-order valence-electron chi connectivity index (χ0n) is 21.6. The van der Waals surface area contributed by atoms with E-state index in [1.165, 1.54) is 99.7 Å². The van der Waals surface area contributed by atoms with Gasteiger partial charge in [-0.15, -0.1) is 0 Å². The van der Waals surface area contributed by atoms with Gasteiger partial charge in [-0.2, -0.15) is 11.8 Å². The Bertz CT molecular complexity index is 716. The maximum atomic E-state index is 6.20. The average molecular weight is 495 g/mol. The Labute approximate surface area is 218 Å². The van der Waals surface area contributed by atoms with Crippen LogP contribution in [0.4, 0.5) is 0 Å². The molecule has 0 aliphatic carbocycles. The van der Waals surface area contributed by atoms with Crippen molar-refractivity contribution in [3.63, 3.8) is 0 Å². The number of hydrogen-bond donors (Lipinski definition) is 0. The van der Waals surface area contributed by atoms with E-state index in [2.05, 4.69) is 72.4 Å². The molecule has 2 saturated heterocycles. The second-order valence-electron chi connectivity index (χ2n) is 10.4. The van der Waals surface area contributed by atoms with Crippen LogP contribution in [0.3, 0.4) is 0 Å². The fourth-order valence-corrected chi connectivity index (χ4v) is 6.96. The number of unbranched alkanes of at least 4 members (excludes halogenated alkanes) is 2. The first kappa shape index (κ1) is 26.8. The van der Waals surface area contributed by atoms with Gasteiger partial charge in [0.25, 0.3) is 0 Å². The van der Waals surface area contributed by atoms with Gasteiger partial charge >= 0.3 is 0 Å². The summed E-state index contributed by atoms with van der Waals surface area (Å²) in [5.74, 6) is 3.72. The van der Waals surface area contributed by atoms with Crippen LogP contribution >= 0.6 is 11.8 Å². The molecule has 3 heteroatoms. The number of benzene rings is 2. The zero-order chi connectivity index (χ0) is 24.0. The van der Waals surface area contributed by atoms with Crippen LogP contribution in [0.15, 0.2) is 60.7 Å². The van der Waals surface area contributed by atoms with Crippen molar-refractivity contribution < 1.29 is 9.47 Å². The van der Waals surface area contributed by atoms with E-state index in [1.807, 2.05) is 0 Å². The molecule has 2 heterocycles. The minimum absolute atomic E-state index is 0.421. The Hall–Kier alpha value is -1.29. The highest BCUT2D eigenvalue weighted by molar-refractivity contribution is 7.99. The predicted octanol–water partition coefficient (Wildman–Crippen LogP) is 8.77. The van der Waals surface area contributed by atoms with Crippen LogP contribution in [-0.2, 0) is 9.47 Å². The summed E-state index contributed by atoms with van der Waals surface area (Å²) in [6.45, 7) is 1.89. The van der Waals surface area contributed by atoms with Crippen LogP contribution in [0.5, 0.6) is 0 Å². The van der Waals surface area contributed by atoms with Crippen LogP contribution < -0.4 is 0 Å². The molecule has 0 bridgehead atoms. The van der Waals surface area contributed by atoms with Gasteiger partial charge in [0.15, 0.2) is 0 Å². The normalized spacial score (nSPS) is 22.5. The van der Waals surface area contributed by atoms with E-state index in [-0.39, 0.29) is 0 Å². The van der Waals surface area contributed by atoms with Crippen molar-refractivity contribution in [2.24, 2.45) is 0 Å². The first-order valence-electron chi connectivity index (χ1n) is 14.3. The van der Waals surface area contributed by atoms with Gasteiger partial charge in [0.2, 0.25) is 0 Å². The highest BCUT2D eigenvalue weighted by atomic mass is 32.2. The van der Waals surface area contributed by atoms with E-state index >= 15 is 0 Å². The number of rotatable bonds is 14. The lowest BCUT2D eigenvalue weighted by Crippen LogP contribution is -2.26. The largest absolute Gasteiger partial charge is 0.378 e. The Morgan fingerprint density at radius 1 is 0.600 bits per heavy atom. The molecule has 192 valence electrons. The van der Waals surface area contributed by atoms with Gasteiger partial charge in [0.1, 0.15) is 0 Å². The van der Waals surface area contributed by atoms with Crippen LogP contribution in [-0.4, -0.2) is 36.9 Å². The summed E-state index contributed by atoms with van der Waals surface area (Å²) < 4.78 is 12.4. The summed E-state index contributed by atoms with van der Waals surface area (Å²) in [5.41, 5.74) is 2.95. The second kappa shape index (κ2) is 15.7. The van der Waals surface area contributed by atoms with Crippen LogP contribution in [0.1, 0.15) is 100 Å². The zero-order valence-corrected chi connectivity index (χ0v) is 22.4. The fourth-order valence-electron chi connectivity index (χ4n) is 5.94. The summed E-state index contributed by atoms with van der Waals surface area (Å²) in [7, 11) is 0. The topological polar surface area (TPSA) is 18.5 Å². The summed E-state index contributed by atoms with van der Waals surface area (Å²) in [5, 5.41) is 0. The minimum atomic E-state index is 0.421. The predicted molar refractivity (Wildman–Crippen MR) is 151 cm³/mol. The molecule has 0 saturated carbocycles. The van der Waals surface area contributed by atoms with E-state index < -0.39 is 0 Å². The van der Waals surface area contributed by atoms with E-state index in [9.17, 15) is 0 Å². The Morgan fingerprint density at radius 2 is 1.06 bits per heavy atom. The van der Waals surface area contributed by atoms with Crippen LogP contribution in [0, 0.1) is 0 Å². The third-order valence-electron chi connectivity index (χ3n) is 7.89. The Morgan fingerprint density at radius 3 is 1.46 bits per heavy atom. The molecule has 2 aliphatic rings. The van der Waals surface area contributed by atoms with Crippen LogP contribution in [0.2, 0.25) is 0 Å². The maximum absolute atomic E-state index is 6.20. The highest BCUT2D eigenvalue weighted by Crippen LogP contribution is 2.34. The van der Waals surface area contributed by atoms with Crippen molar-refractivity contribution in [2.45, 2.75) is 101 Å². The quantitative estimate of drug-likeness (QED) is 0.245. The smallest absolute Gasteiger partial charge is 0.0643 e. The van der Waals surface area contributed by atoms with Crippen molar-refractivity contribution in [1.82, 2.24) is 0 Å². The molecule has 0 N–H and O–H groups in total. The molecule has 4 unspecified atom stereocenters. The summed E-state index contributed by atoms with van der Waals surface area (Å²) >= 11 is 2.16.